The first kappa shape index (κ1) is 22.2. The van der Waals surface area contributed by atoms with E-state index in [9.17, 15) is 0 Å². The Morgan fingerprint density at radius 2 is 1.28 bits per heavy atom. The second kappa shape index (κ2) is 8.09. The number of para-hydroxylation sites is 2. The summed E-state index contributed by atoms with van der Waals surface area (Å²) in [4.78, 5) is 0. The number of fused-ring (bicyclic) bond motifs is 6. The van der Waals surface area contributed by atoms with Crippen molar-refractivity contribution in [2.75, 3.05) is 0 Å². The standard InChI is InChI=1S/C37H27NO/c1-37(2)30-16-8-9-18-34(30)39-35-20-19-26(22-31(35)37)28-15-10-17-32-36(28)29-21-24-11-6-7-12-25(24)23-33(29)38(32)27-13-4-3-5-14-27/h3-23H,1-2H3. The second-order valence-electron chi connectivity index (χ2n) is 11.0. The highest BCUT2D eigenvalue weighted by atomic mass is 16.5. The number of benzene rings is 6. The van der Waals surface area contributed by atoms with Crippen LogP contribution in [0.2, 0.25) is 0 Å². The summed E-state index contributed by atoms with van der Waals surface area (Å²) in [7, 11) is 0. The van der Waals surface area contributed by atoms with Crippen molar-refractivity contribution in [1.29, 1.82) is 0 Å². The van der Waals surface area contributed by atoms with Crippen molar-refractivity contribution < 1.29 is 4.74 Å². The molecular weight excluding hydrogens is 474 g/mol. The summed E-state index contributed by atoms with van der Waals surface area (Å²) < 4.78 is 8.77. The van der Waals surface area contributed by atoms with Gasteiger partial charge in [-0.2, -0.15) is 0 Å². The van der Waals surface area contributed by atoms with E-state index in [-0.39, 0.29) is 5.41 Å². The lowest BCUT2D eigenvalue weighted by Crippen LogP contribution is -2.24. The molecule has 7 aromatic rings. The SMILES string of the molecule is CC1(C)c2ccccc2Oc2ccc(-c3cccc4c3c3cc5ccccc5cc3n4-c3ccccc3)cc21. The number of ether oxygens (including phenoxy) is 1. The minimum Gasteiger partial charge on any atom is -0.457 e. The van der Waals surface area contributed by atoms with Crippen molar-refractivity contribution in [3.05, 3.63) is 139 Å². The average Bonchev–Trinajstić information content (AvgIpc) is 3.30. The molecular formula is C37H27NO. The fraction of sp³-hybridized carbons (Fsp3) is 0.0811. The van der Waals surface area contributed by atoms with Gasteiger partial charge >= 0.3 is 0 Å². The molecule has 39 heavy (non-hydrogen) atoms. The van der Waals surface area contributed by atoms with E-state index in [1.807, 2.05) is 6.07 Å². The zero-order valence-corrected chi connectivity index (χ0v) is 22.0. The summed E-state index contributed by atoms with van der Waals surface area (Å²) in [5.41, 5.74) is 8.31. The van der Waals surface area contributed by atoms with Crippen molar-refractivity contribution >= 4 is 32.6 Å². The lowest BCUT2D eigenvalue weighted by atomic mass is 9.75. The Labute approximate surface area is 227 Å². The zero-order chi connectivity index (χ0) is 26.1. The largest absolute Gasteiger partial charge is 0.457 e. The van der Waals surface area contributed by atoms with E-state index in [0.717, 1.165) is 11.5 Å². The summed E-state index contributed by atoms with van der Waals surface area (Å²) in [6, 6.07) is 45.8. The molecule has 1 aliphatic rings. The first-order valence-electron chi connectivity index (χ1n) is 13.5. The van der Waals surface area contributed by atoms with Crippen LogP contribution in [0.15, 0.2) is 127 Å². The minimum atomic E-state index is -0.164. The molecule has 1 aromatic heterocycles. The highest BCUT2D eigenvalue weighted by Crippen LogP contribution is 2.49. The van der Waals surface area contributed by atoms with Crippen LogP contribution in [-0.4, -0.2) is 4.57 Å². The van der Waals surface area contributed by atoms with Gasteiger partial charge in [0.05, 0.1) is 11.0 Å². The summed E-state index contributed by atoms with van der Waals surface area (Å²) in [5.74, 6) is 1.88. The fourth-order valence-corrected chi connectivity index (χ4v) is 6.46. The molecule has 0 saturated heterocycles. The van der Waals surface area contributed by atoms with E-state index >= 15 is 0 Å². The number of aromatic nitrogens is 1. The predicted molar refractivity (Wildman–Crippen MR) is 162 cm³/mol. The molecule has 0 aliphatic carbocycles. The third-order valence-corrected chi connectivity index (χ3v) is 8.42. The van der Waals surface area contributed by atoms with Crippen molar-refractivity contribution in [2.45, 2.75) is 19.3 Å². The highest BCUT2D eigenvalue weighted by Gasteiger charge is 2.34. The molecule has 2 nitrogen and oxygen atoms in total. The molecule has 0 fully saturated rings. The molecule has 0 saturated carbocycles. The highest BCUT2D eigenvalue weighted by molar-refractivity contribution is 6.18. The molecule has 2 heteroatoms. The fourth-order valence-electron chi connectivity index (χ4n) is 6.46. The van der Waals surface area contributed by atoms with E-state index < -0.39 is 0 Å². The summed E-state index contributed by atoms with van der Waals surface area (Å²) in [6.45, 7) is 4.59. The van der Waals surface area contributed by atoms with Gasteiger partial charge < -0.3 is 9.30 Å². The van der Waals surface area contributed by atoms with Gasteiger partial charge in [-0.3, -0.25) is 0 Å². The van der Waals surface area contributed by atoms with Gasteiger partial charge in [-0.1, -0.05) is 92.7 Å². The van der Waals surface area contributed by atoms with Crippen LogP contribution in [-0.2, 0) is 5.41 Å². The molecule has 0 amide bonds. The summed E-state index contributed by atoms with van der Waals surface area (Å²) in [6.07, 6.45) is 0. The number of nitrogens with zero attached hydrogens (tertiary/aromatic N) is 1. The van der Waals surface area contributed by atoms with E-state index in [1.165, 1.54) is 60.5 Å². The van der Waals surface area contributed by atoms with Gasteiger partial charge in [0.1, 0.15) is 11.5 Å². The molecule has 0 spiro atoms. The first-order valence-corrected chi connectivity index (χ1v) is 13.5. The van der Waals surface area contributed by atoms with Gasteiger partial charge in [0.25, 0.3) is 0 Å². The molecule has 1 aliphatic heterocycles. The van der Waals surface area contributed by atoms with Crippen LogP contribution in [0.5, 0.6) is 11.5 Å². The molecule has 0 N–H and O–H groups in total. The zero-order valence-electron chi connectivity index (χ0n) is 22.0. The van der Waals surface area contributed by atoms with Crippen molar-refractivity contribution in [2.24, 2.45) is 0 Å². The summed E-state index contributed by atoms with van der Waals surface area (Å²) >= 11 is 0. The third kappa shape index (κ3) is 3.21. The molecule has 0 bridgehead atoms. The second-order valence-corrected chi connectivity index (χ2v) is 11.0. The Kier molecular flexibility index (Phi) is 4.60. The van der Waals surface area contributed by atoms with Crippen LogP contribution in [0.25, 0.3) is 49.4 Å². The number of hydrogen-bond acceptors (Lipinski definition) is 1. The Morgan fingerprint density at radius 1 is 0.564 bits per heavy atom. The topological polar surface area (TPSA) is 14.2 Å². The van der Waals surface area contributed by atoms with E-state index in [4.69, 9.17) is 4.74 Å². The van der Waals surface area contributed by atoms with Crippen LogP contribution in [0, 0.1) is 0 Å². The smallest absolute Gasteiger partial charge is 0.131 e. The van der Waals surface area contributed by atoms with Gasteiger partial charge in [0.2, 0.25) is 0 Å². The minimum absolute atomic E-state index is 0.164. The number of hydrogen-bond donors (Lipinski definition) is 0. The van der Waals surface area contributed by atoms with Crippen LogP contribution in [0.3, 0.4) is 0 Å². The van der Waals surface area contributed by atoms with Crippen molar-refractivity contribution in [3.63, 3.8) is 0 Å². The molecule has 0 atom stereocenters. The van der Waals surface area contributed by atoms with Gasteiger partial charge in [0, 0.05) is 33.0 Å². The van der Waals surface area contributed by atoms with Crippen LogP contribution in [0.4, 0.5) is 0 Å². The van der Waals surface area contributed by atoms with Crippen LogP contribution in [0.1, 0.15) is 25.0 Å². The average molecular weight is 502 g/mol. The van der Waals surface area contributed by atoms with Crippen LogP contribution < -0.4 is 4.74 Å². The van der Waals surface area contributed by atoms with E-state index in [0.29, 0.717) is 0 Å². The van der Waals surface area contributed by atoms with E-state index in [1.54, 1.807) is 0 Å². The van der Waals surface area contributed by atoms with Gasteiger partial charge in [-0.05, 0) is 70.4 Å². The maximum atomic E-state index is 6.37. The van der Waals surface area contributed by atoms with Gasteiger partial charge in [-0.15, -0.1) is 0 Å². The van der Waals surface area contributed by atoms with Crippen LogP contribution >= 0.6 is 0 Å². The van der Waals surface area contributed by atoms with Crippen molar-refractivity contribution in [3.8, 4) is 28.3 Å². The normalized spacial score (nSPS) is 13.8. The summed E-state index contributed by atoms with van der Waals surface area (Å²) in [5, 5.41) is 5.04. The number of rotatable bonds is 2. The van der Waals surface area contributed by atoms with Gasteiger partial charge in [0.15, 0.2) is 0 Å². The molecule has 8 rings (SSSR count). The Balaban J connectivity index is 1.43. The lowest BCUT2D eigenvalue weighted by Gasteiger charge is -2.34. The molecule has 186 valence electrons. The monoisotopic (exact) mass is 501 g/mol. The van der Waals surface area contributed by atoms with Gasteiger partial charge in [-0.25, -0.2) is 0 Å². The maximum absolute atomic E-state index is 6.37. The molecule has 2 heterocycles. The predicted octanol–water partition coefficient (Wildman–Crippen LogP) is 10.0. The Hall–Kier alpha value is -4.82. The van der Waals surface area contributed by atoms with Crippen molar-refractivity contribution in [1.82, 2.24) is 4.57 Å². The quantitative estimate of drug-likeness (QED) is 0.230. The molecule has 6 aromatic carbocycles. The lowest BCUT2D eigenvalue weighted by molar-refractivity contribution is 0.418. The third-order valence-electron chi connectivity index (χ3n) is 8.42. The Morgan fingerprint density at radius 3 is 2.13 bits per heavy atom. The Bertz CT molecular complexity index is 2060. The molecule has 0 radical (unpaired) electrons. The first-order chi connectivity index (χ1) is 19.1. The molecule has 0 unspecified atom stereocenters. The van der Waals surface area contributed by atoms with E-state index in [2.05, 4.69) is 140 Å². The maximum Gasteiger partial charge on any atom is 0.131 e.